The van der Waals surface area contributed by atoms with E-state index >= 15 is 0 Å². The van der Waals surface area contributed by atoms with Gasteiger partial charge in [-0.3, -0.25) is 4.79 Å². The van der Waals surface area contributed by atoms with Gasteiger partial charge in [-0.25, -0.2) is 9.97 Å². The number of aryl methyl sites for hydroxylation is 1. The van der Waals surface area contributed by atoms with E-state index in [0.717, 1.165) is 24.3 Å². The van der Waals surface area contributed by atoms with Crippen molar-refractivity contribution in [1.29, 1.82) is 0 Å². The Morgan fingerprint density at radius 1 is 1.23 bits per heavy atom. The molecule has 1 aliphatic heterocycles. The van der Waals surface area contributed by atoms with E-state index in [-0.39, 0.29) is 5.91 Å². The Bertz CT molecular complexity index is 669. The van der Waals surface area contributed by atoms with Gasteiger partial charge < -0.3 is 15.0 Å². The Balaban J connectivity index is 1.76. The zero-order chi connectivity index (χ0) is 15.4. The molecule has 1 fully saturated rings. The lowest BCUT2D eigenvalue weighted by atomic mass is 10.2. The molecule has 0 atom stereocenters. The number of morpholine rings is 1. The monoisotopic (exact) mass is 298 g/mol. The second-order valence-electron chi connectivity index (χ2n) is 5.11. The minimum Gasteiger partial charge on any atom is -0.378 e. The van der Waals surface area contributed by atoms with Crippen molar-refractivity contribution in [2.75, 3.05) is 36.5 Å². The van der Waals surface area contributed by atoms with Crippen molar-refractivity contribution in [2.45, 2.75) is 6.92 Å². The molecule has 1 aliphatic rings. The fourth-order valence-electron chi connectivity index (χ4n) is 2.29. The third-order valence-electron chi connectivity index (χ3n) is 3.56. The molecule has 1 N–H and O–H groups in total. The molecule has 1 aromatic heterocycles. The highest BCUT2D eigenvalue weighted by atomic mass is 16.5. The number of ether oxygens (including phenoxy) is 1. The van der Waals surface area contributed by atoms with Crippen LogP contribution in [0.15, 0.2) is 36.5 Å². The fraction of sp³-hybridized carbons (Fsp3) is 0.312. The zero-order valence-corrected chi connectivity index (χ0v) is 12.5. The SMILES string of the molecule is Cc1ccccc1NC(=O)c1ccnc(N2CCOCC2)n1. The number of aromatic nitrogens is 2. The maximum Gasteiger partial charge on any atom is 0.274 e. The summed E-state index contributed by atoms with van der Waals surface area (Å²) >= 11 is 0. The molecule has 3 rings (SSSR count). The molecule has 0 unspecified atom stereocenters. The second-order valence-corrected chi connectivity index (χ2v) is 5.11. The van der Waals surface area contributed by atoms with Gasteiger partial charge in [0.15, 0.2) is 0 Å². The van der Waals surface area contributed by atoms with Gasteiger partial charge in [-0.1, -0.05) is 18.2 Å². The predicted molar refractivity (Wildman–Crippen MR) is 84.2 cm³/mol. The molecule has 0 saturated carbocycles. The highest BCUT2D eigenvalue weighted by Gasteiger charge is 2.16. The number of amides is 1. The second kappa shape index (κ2) is 6.53. The van der Waals surface area contributed by atoms with Crippen LogP contribution in [0.3, 0.4) is 0 Å². The molecule has 114 valence electrons. The van der Waals surface area contributed by atoms with E-state index in [1.807, 2.05) is 36.1 Å². The summed E-state index contributed by atoms with van der Waals surface area (Å²) in [5, 5.41) is 2.88. The molecule has 6 heteroatoms. The molecule has 1 saturated heterocycles. The number of carbonyl (C=O) groups excluding carboxylic acids is 1. The van der Waals surface area contributed by atoms with E-state index in [9.17, 15) is 4.79 Å². The zero-order valence-electron chi connectivity index (χ0n) is 12.5. The molecule has 2 aromatic rings. The first-order valence-electron chi connectivity index (χ1n) is 7.27. The van der Waals surface area contributed by atoms with Gasteiger partial charge in [0, 0.05) is 25.0 Å². The molecule has 22 heavy (non-hydrogen) atoms. The quantitative estimate of drug-likeness (QED) is 0.937. The Hall–Kier alpha value is -2.47. The van der Waals surface area contributed by atoms with Crippen molar-refractivity contribution >= 4 is 17.5 Å². The van der Waals surface area contributed by atoms with Crippen LogP contribution in [-0.4, -0.2) is 42.2 Å². The van der Waals surface area contributed by atoms with Crippen LogP contribution in [0.4, 0.5) is 11.6 Å². The van der Waals surface area contributed by atoms with Crippen molar-refractivity contribution in [2.24, 2.45) is 0 Å². The lowest BCUT2D eigenvalue weighted by molar-refractivity contribution is 0.102. The smallest absolute Gasteiger partial charge is 0.274 e. The van der Waals surface area contributed by atoms with Crippen LogP contribution in [0.1, 0.15) is 16.1 Å². The van der Waals surface area contributed by atoms with E-state index in [0.29, 0.717) is 24.9 Å². The number of hydrogen-bond acceptors (Lipinski definition) is 5. The van der Waals surface area contributed by atoms with Crippen LogP contribution >= 0.6 is 0 Å². The number of rotatable bonds is 3. The summed E-state index contributed by atoms with van der Waals surface area (Å²) in [6.07, 6.45) is 1.62. The molecule has 0 radical (unpaired) electrons. The van der Waals surface area contributed by atoms with E-state index < -0.39 is 0 Å². The summed E-state index contributed by atoms with van der Waals surface area (Å²) in [6.45, 7) is 4.74. The normalized spacial score (nSPS) is 14.7. The van der Waals surface area contributed by atoms with E-state index in [1.165, 1.54) is 0 Å². The number of para-hydroxylation sites is 1. The van der Waals surface area contributed by atoms with Gasteiger partial charge in [-0.05, 0) is 24.6 Å². The van der Waals surface area contributed by atoms with Crippen molar-refractivity contribution in [1.82, 2.24) is 9.97 Å². The van der Waals surface area contributed by atoms with Crippen LogP contribution in [0.25, 0.3) is 0 Å². The first kappa shape index (κ1) is 14.5. The van der Waals surface area contributed by atoms with Crippen molar-refractivity contribution < 1.29 is 9.53 Å². The Morgan fingerprint density at radius 2 is 2.00 bits per heavy atom. The number of nitrogens with zero attached hydrogens (tertiary/aromatic N) is 3. The van der Waals surface area contributed by atoms with Crippen LogP contribution in [0.2, 0.25) is 0 Å². The largest absolute Gasteiger partial charge is 0.378 e. The lowest BCUT2D eigenvalue weighted by Gasteiger charge is -2.26. The average molecular weight is 298 g/mol. The van der Waals surface area contributed by atoms with Gasteiger partial charge in [0.2, 0.25) is 5.95 Å². The number of nitrogens with one attached hydrogen (secondary N) is 1. The van der Waals surface area contributed by atoms with Gasteiger partial charge in [0.1, 0.15) is 5.69 Å². The van der Waals surface area contributed by atoms with Gasteiger partial charge in [-0.15, -0.1) is 0 Å². The van der Waals surface area contributed by atoms with Gasteiger partial charge in [-0.2, -0.15) is 0 Å². The summed E-state index contributed by atoms with van der Waals surface area (Å²) in [5.41, 5.74) is 2.16. The van der Waals surface area contributed by atoms with Gasteiger partial charge in [0.25, 0.3) is 5.91 Å². The minimum absolute atomic E-state index is 0.230. The van der Waals surface area contributed by atoms with Crippen molar-refractivity contribution in [3.05, 3.63) is 47.8 Å². The summed E-state index contributed by atoms with van der Waals surface area (Å²) in [5.74, 6) is 0.340. The number of carbonyl (C=O) groups is 1. The maximum atomic E-state index is 12.4. The van der Waals surface area contributed by atoms with E-state index in [2.05, 4.69) is 15.3 Å². The van der Waals surface area contributed by atoms with Gasteiger partial charge in [0.05, 0.1) is 13.2 Å². The first-order chi connectivity index (χ1) is 10.7. The van der Waals surface area contributed by atoms with Crippen LogP contribution < -0.4 is 10.2 Å². The van der Waals surface area contributed by atoms with E-state index in [4.69, 9.17) is 4.74 Å². The third kappa shape index (κ3) is 3.23. The van der Waals surface area contributed by atoms with E-state index in [1.54, 1.807) is 12.3 Å². The molecule has 0 spiro atoms. The average Bonchev–Trinajstić information content (AvgIpc) is 2.58. The number of benzene rings is 1. The molecule has 6 nitrogen and oxygen atoms in total. The molecule has 0 aliphatic carbocycles. The Morgan fingerprint density at radius 3 is 2.77 bits per heavy atom. The summed E-state index contributed by atoms with van der Waals surface area (Å²) in [4.78, 5) is 23.0. The summed E-state index contributed by atoms with van der Waals surface area (Å²) in [6, 6.07) is 9.28. The standard InChI is InChI=1S/C16H18N4O2/c1-12-4-2-3-5-13(12)18-15(21)14-6-7-17-16(19-14)20-8-10-22-11-9-20/h2-7H,8-11H2,1H3,(H,18,21). The number of hydrogen-bond donors (Lipinski definition) is 1. The van der Waals surface area contributed by atoms with Crippen molar-refractivity contribution in [3.8, 4) is 0 Å². The maximum absolute atomic E-state index is 12.4. The topological polar surface area (TPSA) is 67.4 Å². The van der Waals surface area contributed by atoms with Crippen LogP contribution in [-0.2, 0) is 4.74 Å². The third-order valence-corrected chi connectivity index (χ3v) is 3.56. The van der Waals surface area contributed by atoms with Crippen LogP contribution in [0.5, 0.6) is 0 Å². The molecular weight excluding hydrogens is 280 g/mol. The lowest BCUT2D eigenvalue weighted by Crippen LogP contribution is -2.37. The van der Waals surface area contributed by atoms with Crippen LogP contribution in [0, 0.1) is 6.92 Å². The minimum atomic E-state index is -0.230. The highest BCUT2D eigenvalue weighted by Crippen LogP contribution is 2.15. The molecule has 0 bridgehead atoms. The Kier molecular flexibility index (Phi) is 4.29. The predicted octanol–water partition coefficient (Wildman–Crippen LogP) is 1.87. The highest BCUT2D eigenvalue weighted by molar-refractivity contribution is 6.03. The Labute approximate surface area is 129 Å². The molecule has 1 aromatic carbocycles. The first-order valence-corrected chi connectivity index (χ1v) is 7.27. The number of anilines is 2. The fourth-order valence-corrected chi connectivity index (χ4v) is 2.29. The molecule has 1 amide bonds. The molecular formula is C16H18N4O2. The molecule has 2 heterocycles. The van der Waals surface area contributed by atoms with Crippen molar-refractivity contribution in [3.63, 3.8) is 0 Å². The summed E-state index contributed by atoms with van der Waals surface area (Å²) in [7, 11) is 0. The van der Waals surface area contributed by atoms with Gasteiger partial charge >= 0.3 is 0 Å². The summed E-state index contributed by atoms with van der Waals surface area (Å²) < 4.78 is 5.31.